The summed E-state index contributed by atoms with van der Waals surface area (Å²) in [5, 5.41) is 15.8. The van der Waals surface area contributed by atoms with Gasteiger partial charge in [-0.25, -0.2) is 13.4 Å². The number of rotatable bonds is 5. The van der Waals surface area contributed by atoms with Crippen molar-refractivity contribution in [2.24, 2.45) is 0 Å². The molecule has 0 radical (unpaired) electrons. The van der Waals surface area contributed by atoms with Crippen LogP contribution in [0.1, 0.15) is 29.4 Å². The Balaban J connectivity index is 1.88. The van der Waals surface area contributed by atoms with E-state index in [0.717, 1.165) is 17.0 Å². The second-order valence-corrected chi connectivity index (χ2v) is 8.90. The van der Waals surface area contributed by atoms with Gasteiger partial charge in [-0.1, -0.05) is 0 Å². The topological polar surface area (TPSA) is 112 Å². The van der Waals surface area contributed by atoms with Crippen LogP contribution in [0.5, 0.6) is 0 Å². The molecule has 140 valence electrons. The lowest BCUT2D eigenvalue weighted by atomic mass is 10.1. The molecular weight excluding hydrogens is 358 g/mol. The molecule has 3 heterocycles. The Kier molecular flexibility index (Phi) is 4.70. The molecule has 1 aliphatic heterocycles. The summed E-state index contributed by atoms with van der Waals surface area (Å²) in [4.78, 5) is 15.5. The van der Waals surface area contributed by atoms with Crippen LogP contribution in [0.4, 0.5) is 11.5 Å². The number of aromatic amines is 1. The van der Waals surface area contributed by atoms with Gasteiger partial charge in [-0.05, 0) is 26.3 Å². The summed E-state index contributed by atoms with van der Waals surface area (Å²) in [6.07, 6.45) is 2.21. The van der Waals surface area contributed by atoms with Crippen LogP contribution >= 0.6 is 0 Å². The van der Waals surface area contributed by atoms with Gasteiger partial charge in [0.1, 0.15) is 6.54 Å². The minimum atomic E-state index is -3.00. The number of sulfone groups is 1. The Labute approximate surface area is 151 Å². The maximum Gasteiger partial charge on any atom is 0.357 e. The fraction of sp³-hybridized carbons (Fsp3) is 0.500. The highest BCUT2D eigenvalue weighted by Gasteiger charge is 2.32. The van der Waals surface area contributed by atoms with Gasteiger partial charge in [-0.2, -0.15) is 5.10 Å². The van der Waals surface area contributed by atoms with Gasteiger partial charge in [0.25, 0.3) is 0 Å². The molecule has 26 heavy (non-hydrogen) atoms. The Hall–Kier alpha value is -2.49. The molecule has 2 aromatic rings. The van der Waals surface area contributed by atoms with Crippen LogP contribution < -0.4 is 9.88 Å². The van der Waals surface area contributed by atoms with E-state index >= 15 is 0 Å². The zero-order valence-electron chi connectivity index (χ0n) is 15.0. The van der Waals surface area contributed by atoms with E-state index in [-0.39, 0.29) is 23.2 Å². The van der Waals surface area contributed by atoms with E-state index < -0.39 is 14.8 Å². The van der Waals surface area contributed by atoms with Gasteiger partial charge >= 0.3 is 11.5 Å². The van der Waals surface area contributed by atoms with E-state index in [1.165, 1.54) is 6.07 Å². The smallest absolute Gasteiger partial charge is 0.265 e. The van der Waals surface area contributed by atoms with Crippen LogP contribution in [0, 0.1) is 24.0 Å². The molecule has 0 aliphatic carbocycles. The highest BCUT2D eigenvalue weighted by molar-refractivity contribution is 7.91. The summed E-state index contributed by atoms with van der Waals surface area (Å²) in [6.45, 7) is 4.22. The second-order valence-electron chi connectivity index (χ2n) is 6.67. The quantitative estimate of drug-likeness (QED) is 0.569. The van der Waals surface area contributed by atoms with Crippen LogP contribution in [0.15, 0.2) is 18.3 Å². The Morgan fingerprint density at radius 2 is 2.19 bits per heavy atom. The normalized spacial score (nSPS) is 18.8. The van der Waals surface area contributed by atoms with Crippen LogP contribution in [-0.4, -0.2) is 41.7 Å². The summed E-state index contributed by atoms with van der Waals surface area (Å²) in [6, 6.07) is 2.90. The average Bonchev–Trinajstić information content (AvgIpc) is 3.08. The molecule has 1 atom stereocenters. The third-order valence-corrected chi connectivity index (χ3v) is 6.57. The summed E-state index contributed by atoms with van der Waals surface area (Å²) in [5.41, 5.74) is 2.65. The van der Waals surface area contributed by atoms with Crippen molar-refractivity contribution in [1.82, 2.24) is 9.78 Å². The molecule has 1 aliphatic rings. The molecule has 0 amide bonds. The van der Waals surface area contributed by atoms with Crippen molar-refractivity contribution in [1.29, 1.82) is 0 Å². The number of nitrogens with one attached hydrogen (secondary N) is 1. The largest absolute Gasteiger partial charge is 0.357 e. The van der Waals surface area contributed by atoms with E-state index in [1.54, 1.807) is 28.9 Å². The first-order valence-electron chi connectivity index (χ1n) is 8.31. The Bertz CT molecular complexity index is 954. The molecule has 0 saturated carbocycles. The lowest BCUT2D eigenvalue weighted by molar-refractivity contribution is -0.411. The van der Waals surface area contributed by atoms with Gasteiger partial charge in [-0.15, -0.1) is 0 Å². The number of nitro groups is 1. The number of hydrogen-bond donors (Lipinski definition) is 0. The molecule has 0 spiro atoms. The van der Waals surface area contributed by atoms with Gasteiger partial charge in [0.05, 0.1) is 41.4 Å². The van der Waals surface area contributed by atoms with Crippen molar-refractivity contribution in [2.45, 2.75) is 32.9 Å². The molecule has 3 rings (SSSR count). The van der Waals surface area contributed by atoms with Crippen LogP contribution in [-0.2, 0) is 16.4 Å². The number of hydrogen-bond acceptors (Lipinski definition) is 6. The van der Waals surface area contributed by atoms with Crippen LogP contribution in [0.25, 0.3) is 0 Å². The molecule has 0 aromatic carbocycles. The summed E-state index contributed by atoms with van der Waals surface area (Å²) < 4.78 is 25.3. The van der Waals surface area contributed by atoms with E-state index in [4.69, 9.17) is 0 Å². The highest BCUT2D eigenvalue weighted by atomic mass is 32.2. The highest BCUT2D eigenvalue weighted by Crippen LogP contribution is 2.28. The maximum atomic E-state index is 11.8. The first-order valence-corrected chi connectivity index (χ1v) is 10.1. The lowest BCUT2D eigenvalue weighted by Gasteiger charge is -2.13. The molecule has 1 saturated heterocycles. The van der Waals surface area contributed by atoms with Gasteiger partial charge < -0.3 is 0 Å². The van der Waals surface area contributed by atoms with Crippen LogP contribution in [0.3, 0.4) is 0 Å². The second kappa shape index (κ2) is 6.67. The van der Waals surface area contributed by atoms with Crippen molar-refractivity contribution in [3.63, 3.8) is 0 Å². The lowest BCUT2D eigenvalue weighted by Crippen LogP contribution is -2.26. The monoisotopic (exact) mass is 380 g/mol. The first kappa shape index (κ1) is 18.3. The molecule has 0 unspecified atom stereocenters. The first-order chi connectivity index (χ1) is 12.2. The zero-order valence-corrected chi connectivity index (χ0v) is 15.8. The summed E-state index contributed by atoms with van der Waals surface area (Å²) >= 11 is 0. The average molecular weight is 380 g/mol. The molecule has 2 aromatic heterocycles. The molecule has 1 N–H and O–H groups in total. The predicted molar refractivity (Wildman–Crippen MR) is 95.8 cm³/mol. The minimum absolute atomic E-state index is 0.000385. The molecule has 10 heteroatoms. The van der Waals surface area contributed by atoms with E-state index in [9.17, 15) is 18.5 Å². The van der Waals surface area contributed by atoms with Gasteiger partial charge in [0.15, 0.2) is 9.84 Å². The van der Waals surface area contributed by atoms with Gasteiger partial charge in [-0.3, -0.25) is 19.7 Å². The van der Waals surface area contributed by atoms with Crippen molar-refractivity contribution in [3.8, 4) is 0 Å². The number of aromatic nitrogens is 3. The van der Waals surface area contributed by atoms with E-state index in [2.05, 4.69) is 10.1 Å². The van der Waals surface area contributed by atoms with Crippen molar-refractivity contribution >= 4 is 21.3 Å². The van der Waals surface area contributed by atoms with Crippen LogP contribution in [0.2, 0.25) is 0 Å². The fourth-order valence-corrected chi connectivity index (χ4v) is 5.13. The van der Waals surface area contributed by atoms with Crippen molar-refractivity contribution < 1.29 is 18.3 Å². The minimum Gasteiger partial charge on any atom is -0.265 e. The number of H-pyrrole nitrogens is 1. The number of aryl methyl sites for hydroxylation is 1. The standard InChI is InChI=1S/C16H21N5O4S/c1-11-14(9-19(3)16-15(21(22)23)5-4-7-17-16)12(2)20(18-11)13-6-8-26(24,25)10-13/h4-5,7,13H,6,8-10H2,1-3H3/p+1/t13-/m1/s1. The molecule has 9 nitrogen and oxygen atoms in total. The van der Waals surface area contributed by atoms with Gasteiger partial charge in [0, 0.05) is 17.3 Å². The Morgan fingerprint density at radius 1 is 1.46 bits per heavy atom. The number of nitrogens with zero attached hydrogens (tertiary/aromatic N) is 4. The van der Waals surface area contributed by atoms with E-state index in [1.807, 2.05) is 13.8 Å². The molecular formula is C16H22N5O4S+. The van der Waals surface area contributed by atoms with Gasteiger partial charge in [0.2, 0.25) is 0 Å². The fourth-order valence-electron chi connectivity index (χ4n) is 3.44. The third-order valence-electron chi connectivity index (χ3n) is 4.82. The van der Waals surface area contributed by atoms with Crippen molar-refractivity contribution in [2.75, 3.05) is 23.5 Å². The maximum absolute atomic E-state index is 11.8. The molecule has 1 fully saturated rings. The third kappa shape index (κ3) is 3.41. The SMILES string of the molecule is Cc1nn([C@@H]2CCS(=O)(=O)C2)c(C)c1CN(C)c1[nH+]cccc1[N+](=O)[O-]. The van der Waals surface area contributed by atoms with E-state index in [0.29, 0.717) is 18.8 Å². The van der Waals surface area contributed by atoms with Crippen molar-refractivity contribution in [3.05, 3.63) is 45.4 Å². The number of pyridine rings is 1. The predicted octanol–water partition coefficient (Wildman–Crippen LogP) is 1.22. The summed E-state index contributed by atoms with van der Waals surface area (Å²) in [7, 11) is -1.22. The zero-order chi connectivity index (χ0) is 19.1. The summed E-state index contributed by atoms with van der Waals surface area (Å²) in [5.74, 6) is 0.714. The Morgan fingerprint density at radius 3 is 2.81 bits per heavy atom. The molecule has 0 bridgehead atoms. The number of anilines is 1.